The molecule has 116 valence electrons. The van der Waals surface area contributed by atoms with E-state index in [1.165, 1.54) is 11.3 Å². The van der Waals surface area contributed by atoms with Gasteiger partial charge < -0.3 is 0 Å². The summed E-state index contributed by atoms with van der Waals surface area (Å²) >= 11 is 1.32. The van der Waals surface area contributed by atoms with Gasteiger partial charge in [-0.05, 0) is 25.1 Å². The van der Waals surface area contributed by atoms with Gasteiger partial charge in [0.25, 0.3) is 17.4 Å². The number of carbonyl (C=O) groups excluding carboxylic acids is 2. The lowest BCUT2D eigenvalue weighted by molar-refractivity contribution is 0.0846. The van der Waals surface area contributed by atoms with Crippen molar-refractivity contribution in [2.45, 2.75) is 6.92 Å². The van der Waals surface area contributed by atoms with E-state index in [0.717, 1.165) is 4.88 Å². The van der Waals surface area contributed by atoms with Crippen LogP contribution in [-0.4, -0.2) is 22.0 Å². The third-order valence-electron chi connectivity index (χ3n) is 3.16. The van der Waals surface area contributed by atoms with Crippen molar-refractivity contribution >= 4 is 33.9 Å². The summed E-state index contributed by atoms with van der Waals surface area (Å²) in [5.41, 5.74) is 4.28. The SMILES string of the molecule is Cc1ccc(C(=O)NNC(=O)c2n[nH]c(=O)c3ccccc23)s1. The molecule has 2 aromatic heterocycles. The van der Waals surface area contributed by atoms with Gasteiger partial charge in [-0.2, -0.15) is 5.10 Å². The number of hydrazine groups is 1. The summed E-state index contributed by atoms with van der Waals surface area (Å²) in [4.78, 5) is 37.3. The molecule has 2 heterocycles. The van der Waals surface area contributed by atoms with E-state index in [1.807, 2.05) is 13.0 Å². The largest absolute Gasteiger partial charge is 0.290 e. The first-order valence-corrected chi connectivity index (χ1v) is 7.52. The standard InChI is InChI=1S/C15H12N4O3S/c1-8-6-7-11(23-8)14(21)18-19-15(22)12-9-4-2-3-5-10(9)13(20)17-16-12/h2-7H,1H3,(H,17,20)(H,18,21)(H,19,22). The summed E-state index contributed by atoms with van der Waals surface area (Å²) in [6.07, 6.45) is 0. The molecule has 0 unspecified atom stereocenters. The van der Waals surface area contributed by atoms with E-state index < -0.39 is 11.8 Å². The molecule has 0 spiro atoms. The van der Waals surface area contributed by atoms with Crippen molar-refractivity contribution in [3.05, 3.63) is 62.2 Å². The van der Waals surface area contributed by atoms with Crippen LogP contribution in [0.2, 0.25) is 0 Å². The summed E-state index contributed by atoms with van der Waals surface area (Å²) in [6.45, 7) is 1.89. The van der Waals surface area contributed by atoms with E-state index in [2.05, 4.69) is 21.0 Å². The van der Waals surface area contributed by atoms with E-state index >= 15 is 0 Å². The van der Waals surface area contributed by atoms with Crippen LogP contribution in [0.4, 0.5) is 0 Å². The van der Waals surface area contributed by atoms with Gasteiger partial charge in [0, 0.05) is 10.3 Å². The fraction of sp³-hybridized carbons (Fsp3) is 0.0667. The Morgan fingerprint density at radius 1 is 1.04 bits per heavy atom. The number of nitrogens with zero attached hydrogens (tertiary/aromatic N) is 1. The zero-order valence-electron chi connectivity index (χ0n) is 12.0. The molecule has 0 aliphatic carbocycles. The van der Waals surface area contributed by atoms with Gasteiger partial charge in [-0.15, -0.1) is 11.3 Å². The van der Waals surface area contributed by atoms with Crippen LogP contribution in [0.1, 0.15) is 25.0 Å². The van der Waals surface area contributed by atoms with Gasteiger partial charge in [0.2, 0.25) is 0 Å². The van der Waals surface area contributed by atoms with Crippen LogP contribution in [0.3, 0.4) is 0 Å². The number of aryl methyl sites for hydroxylation is 1. The van der Waals surface area contributed by atoms with Crippen LogP contribution in [0.15, 0.2) is 41.2 Å². The van der Waals surface area contributed by atoms with Crippen LogP contribution < -0.4 is 16.4 Å². The smallest absolute Gasteiger partial charge is 0.267 e. The van der Waals surface area contributed by atoms with Crippen molar-refractivity contribution < 1.29 is 9.59 Å². The molecule has 8 heteroatoms. The molecule has 0 saturated heterocycles. The lowest BCUT2D eigenvalue weighted by Gasteiger charge is -2.07. The average molecular weight is 328 g/mol. The molecular formula is C15H12N4O3S. The minimum atomic E-state index is -0.612. The Hall–Kier alpha value is -3.00. The quantitative estimate of drug-likeness (QED) is 0.618. The molecule has 2 amide bonds. The molecule has 0 radical (unpaired) electrons. The molecule has 0 fully saturated rings. The number of rotatable bonds is 2. The number of carbonyl (C=O) groups is 2. The lowest BCUT2D eigenvalue weighted by Crippen LogP contribution is -2.42. The summed E-state index contributed by atoms with van der Waals surface area (Å²) in [7, 11) is 0. The second-order valence-corrected chi connectivity index (χ2v) is 6.05. The molecule has 0 bridgehead atoms. The minimum absolute atomic E-state index is 0.0304. The molecule has 0 aliphatic rings. The maximum Gasteiger partial charge on any atom is 0.290 e. The third-order valence-corrected chi connectivity index (χ3v) is 4.16. The van der Waals surface area contributed by atoms with Crippen LogP contribution in [0.5, 0.6) is 0 Å². The molecule has 0 saturated carbocycles. The first kappa shape index (κ1) is 14.9. The number of nitrogens with one attached hydrogen (secondary N) is 3. The second kappa shape index (κ2) is 6.01. The Bertz CT molecular complexity index is 961. The number of amides is 2. The van der Waals surface area contributed by atoms with Crippen LogP contribution in [-0.2, 0) is 0 Å². The van der Waals surface area contributed by atoms with Crippen molar-refractivity contribution in [3.63, 3.8) is 0 Å². The molecule has 7 nitrogen and oxygen atoms in total. The van der Waals surface area contributed by atoms with Crippen LogP contribution >= 0.6 is 11.3 Å². The molecule has 0 atom stereocenters. The van der Waals surface area contributed by atoms with E-state index in [1.54, 1.807) is 30.3 Å². The predicted octanol–water partition coefficient (Wildman–Crippen LogP) is 1.37. The summed E-state index contributed by atoms with van der Waals surface area (Å²) < 4.78 is 0. The number of aromatic amines is 1. The predicted molar refractivity (Wildman–Crippen MR) is 86.4 cm³/mol. The first-order valence-electron chi connectivity index (χ1n) is 6.71. The number of H-pyrrole nitrogens is 1. The van der Waals surface area contributed by atoms with Crippen molar-refractivity contribution in [1.82, 2.24) is 21.0 Å². The molecule has 1 aromatic carbocycles. The van der Waals surface area contributed by atoms with Gasteiger partial charge in [0.05, 0.1) is 10.3 Å². The number of benzene rings is 1. The fourth-order valence-corrected chi connectivity index (χ4v) is 2.84. The second-order valence-electron chi connectivity index (χ2n) is 4.77. The van der Waals surface area contributed by atoms with Crippen molar-refractivity contribution in [3.8, 4) is 0 Å². The molecule has 23 heavy (non-hydrogen) atoms. The normalized spacial score (nSPS) is 10.5. The molecule has 3 N–H and O–H groups in total. The van der Waals surface area contributed by atoms with E-state index in [4.69, 9.17) is 0 Å². The third kappa shape index (κ3) is 2.97. The average Bonchev–Trinajstić information content (AvgIpc) is 2.99. The maximum atomic E-state index is 12.2. The number of hydrogen-bond donors (Lipinski definition) is 3. The molecule has 0 aliphatic heterocycles. The summed E-state index contributed by atoms with van der Waals surface area (Å²) in [5, 5.41) is 6.80. The summed E-state index contributed by atoms with van der Waals surface area (Å²) in [5.74, 6) is -1.02. The fourth-order valence-electron chi connectivity index (χ4n) is 2.08. The van der Waals surface area contributed by atoms with Gasteiger partial charge in [0.1, 0.15) is 0 Å². The highest BCUT2D eigenvalue weighted by atomic mass is 32.1. The zero-order chi connectivity index (χ0) is 16.4. The Labute approximate surface area is 134 Å². The number of thiophene rings is 1. The van der Waals surface area contributed by atoms with Crippen LogP contribution in [0.25, 0.3) is 10.8 Å². The van der Waals surface area contributed by atoms with Gasteiger partial charge in [-0.25, -0.2) is 5.10 Å². The zero-order valence-corrected chi connectivity index (χ0v) is 12.9. The monoisotopic (exact) mass is 328 g/mol. The number of hydrogen-bond acceptors (Lipinski definition) is 5. The maximum absolute atomic E-state index is 12.2. The highest BCUT2D eigenvalue weighted by Crippen LogP contribution is 2.14. The Kier molecular flexibility index (Phi) is 3.90. The minimum Gasteiger partial charge on any atom is -0.267 e. The van der Waals surface area contributed by atoms with Crippen molar-refractivity contribution in [2.75, 3.05) is 0 Å². The lowest BCUT2D eigenvalue weighted by atomic mass is 10.1. The highest BCUT2D eigenvalue weighted by molar-refractivity contribution is 7.13. The van der Waals surface area contributed by atoms with Gasteiger partial charge in [-0.1, -0.05) is 18.2 Å². The number of aromatic nitrogens is 2. The topological polar surface area (TPSA) is 104 Å². The van der Waals surface area contributed by atoms with Gasteiger partial charge in [0.15, 0.2) is 5.69 Å². The number of fused-ring (bicyclic) bond motifs is 1. The molecule has 3 aromatic rings. The summed E-state index contributed by atoms with van der Waals surface area (Å²) in [6, 6.07) is 10.1. The van der Waals surface area contributed by atoms with E-state index in [9.17, 15) is 14.4 Å². The molecular weight excluding hydrogens is 316 g/mol. The van der Waals surface area contributed by atoms with E-state index in [-0.39, 0.29) is 11.3 Å². The van der Waals surface area contributed by atoms with Crippen molar-refractivity contribution in [2.24, 2.45) is 0 Å². The Morgan fingerprint density at radius 3 is 2.43 bits per heavy atom. The highest BCUT2D eigenvalue weighted by Gasteiger charge is 2.15. The molecule has 3 rings (SSSR count). The van der Waals surface area contributed by atoms with Crippen molar-refractivity contribution in [1.29, 1.82) is 0 Å². The van der Waals surface area contributed by atoms with Gasteiger partial charge in [-0.3, -0.25) is 25.2 Å². The first-order chi connectivity index (χ1) is 11.1. The van der Waals surface area contributed by atoms with Crippen LogP contribution in [0, 0.1) is 6.92 Å². The van der Waals surface area contributed by atoms with E-state index in [0.29, 0.717) is 15.6 Å². The Balaban J connectivity index is 1.80. The van der Waals surface area contributed by atoms with Gasteiger partial charge >= 0.3 is 0 Å². The Morgan fingerprint density at radius 2 is 1.74 bits per heavy atom.